The van der Waals surface area contributed by atoms with Crippen molar-refractivity contribution in [2.24, 2.45) is 7.05 Å². The Morgan fingerprint density at radius 1 is 1.07 bits per heavy atom. The first-order valence-corrected chi connectivity index (χ1v) is 9.85. The first kappa shape index (κ1) is 21.6. The van der Waals surface area contributed by atoms with Gasteiger partial charge in [-0.05, 0) is 54.1 Å². The first-order valence-electron chi connectivity index (χ1n) is 8.77. The van der Waals surface area contributed by atoms with Gasteiger partial charge in [-0.1, -0.05) is 6.07 Å². The van der Waals surface area contributed by atoms with Crippen molar-refractivity contribution >= 4 is 36.8 Å². The topological polar surface area (TPSA) is 76.3 Å². The molecule has 1 aliphatic rings. The third-order valence-corrected chi connectivity index (χ3v) is 5.24. The minimum Gasteiger partial charge on any atom is -0.354 e. The summed E-state index contributed by atoms with van der Waals surface area (Å²) in [6.45, 7) is 5.55. The summed E-state index contributed by atoms with van der Waals surface area (Å²) in [5.41, 5.74) is -0.720. The van der Waals surface area contributed by atoms with Gasteiger partial charge in [0.2, 0.25) is 0 Å². The van der Waals surface area contributed by atoms with E-state index in [9.17, 15) is 9.59 Å². The summed E-state index contributed by atoms with van der Waals surface area (Å²) < 4.78 is 3.47. The predicted octanol–water partition coefficient (Wildman–Crippen LogP) is -0.104. The second kappa shape index (κ2) is 10.0. The van der Waals surface area contributed by atoms with E-state index in [4.69, 9.17) is 0 Å². The highest BCUT2D eigenvalue weighted by Gasteiger charge is 2.17. The van der Waals surface area contributed by atoms with Crippen molar-refractivity contribution in [2.75, 3.05) is 37.6 Å². The van der Waals surface area contributed by atoms with Gasteiger partial charge in [-0.2, -0.15) is 5.10 Å². The lowest BCUT2D eigenvalue weighted by atomic mass is 10.2. The molecule has 8 nitrogen and oxygen atoms in total. The zero-order valence-corrected chi connectivity index (χ0v) is 17.7. The molecule has 0 saturated carbocycles. The van der Waals surface area contributed by atoms with E-state index in [-0.39, 0.29) is 19.7 Å². The summed E-state index contributed by atoms with van der Waals surface area (Å²) in [6.07, 6.45) is 3.06. The Balaban J connectivity index is 0.00000261. The van der Waals surface area contributed by atoms with Gasteiger partial charge in [0, 0.05) is 48.2 Å². The summed E-state index contributed by atoms with van der Waals surface area (Å²) in [7, 11) is 1.48. The maximum absolute atomic E-state index is 11.9. The molecule has 3 rings (SSSR count). The van der Waals surface area contributed by atoms with Crippen molar-refractivity contribution in [1.82, 2.24) is 24.2 Å². The van der Waals surface area contributed by atoms with E-state index < -0.39 is 0 Å². The van der Waals surface area contributed by atoms with Crippen molar-refractivity contribution in [1.29, 1.82) is 0 Å². The highest BCUT2D eigenvalue weighted by atomic mass is 127. The van der Waals surface area contributed by atoms with E-state index in [1.165, 1.54) is 17.9 Å². The number of pyridine rings is 1. The largest absolute Gasteiger partial charge is 0.354 e. The molecule has 2 aromatic heterocycles. The Bertz CT molecular complexity index is 863. The SMILES string of the molecule is Cn1c(=O)cnn(CCCCN2CCN(c3cccc(I)n3)CC2)c1=O.[BH]. The molecule has 0 unspecified atom stereocenters. The van der Waals surface area contributed by atoms with Crippen molar-refractivity contribution in [3.63, 3.8) is 0 Å². The monoisotopic (exact) mass is 482 g/mol. The predicted molar refractivity (Wildman–Crippen MR) is 116 cm³/mol. The normalized spacial score (nSPS) is 14.8. The maximum Gasteiger partial charge on any atom is 0.347 e. The minimum absolute atomic E-state index is 0. The zero-order valence-electron chi connectivity index (χ0n) is 15.6. The lowest BCUT2D eigenvalue weighted by Gasteiger charge is -2.35. The highest BCUT2D eigenvalue weighted by Crippen LogP contribution is 2.15. The number of anilines is 1. The summed E-state index contributed by atoms with van der Waals surface area (Å²) in [5, 5.41) is 3.92. The molecular formula is C17H24BIN6O2. The van der Waals surface area contributed by atoms with Gasteiger partial charge < -0.3 is 4.90 Å². The third kappa shape index (κ3) is 5.64. The molecule has 2 radical (unpaired) electrons. The number of rotatable bonds is 6. The Hall–Kier alpha value is -1.69. The van der Waals surface area contributed by atoms with Crippen LogP contribution in [0.3, 0.4) is 0 Å². The van der Waals surface area contributed by atoms with Crippen molar-refractivity contribution < 1.29 is 0 Å². The second-order valence-electron chi connectivity index (χ2n) is 6.40. The van der Waals surface area contributed by atoms with Crippen LogP contribution in [0.25, 0.3) is 0 Å². The van der Waals surface area contributed by atoms with Gasteiger partial charge >= 0.3 is 5.69 Å². The number of nitrogens with zero attached hydrogens (tertiary/aromatic N) is 6. The fourth-order valence-electron chi connectivity index (χ4n) is 3.05. The number of unbranched alkanes of at least 4 members (excludes halogenated alkanes) is 1. The second-order valence-corrected chi connectivity index (χ2v) is 7.51. The Kier molecular flexibility index (Phi) is 8.02. The van der Waals surface area contributed by atoms with Gasteiger partial charge in [0.25, 0.3) is 5.56 Å². The van der Waals surface area contributed by atoms with Crippen LogP contribution in [0.4, 0.5) is 5.82 Å². The van der Waals surface area contributed by atoms with Crippen LogP contribution in [0, 0.1) is 3.70 Å². The minimum atomic E-state index is -0.369. The van der Waals surface area contributed by atoms with Gasteiger partial charge in [0.15, 0.2) is 0 Å². The number of hydrogen-bond acceptors (Lipinski definition) is 6. The van der Waals surface area contributed by atoms with Crippen molar-refractivity contribution in [2.45, 2.75) is 19.4 Å². The van der Waals surface area contributed by atoms with Crippen LogP contribution in [0.15, 0.2) is 34.0 Å². The summed E-state index contributed by atoms with van der Waals surface area (Å²) >= 11 is 2.24. The van der Waals surface area contributed by atoms with Gasteiger partial charge in [-0.3, -0.25) is 14.3 Å². The van der Waals surface area contributed by atoms with E-state index in [1.54, 1.807) is 0 Å². The van der Waals surface area contributed by atoms with Crippen LogP contribution < -0.4 is 16.1 Å². The van der Waals surface area contributed by atoms with E-state index in [1.807, 2.05) is 12.1 Å². The average molecular weight is 482 g/mol. The number of halogens is 1. The Morgan fingerprint density at radius 3 is 2.48 bits per heavy atom. The molecule has 27 heavy (non-hydrogen) atoms. The fraction of sp³-hybridized carbons (Fsp3) is 0.529. The molecule has 1 aliphatic heterocycles. The molecule has 1 fully saturated rings. The van der Waals surface area contributed by atoms with E-state index in [2.05, 4.69) is 48.5 Å². The standard InChI is InChI=1S/C17H23IN6O2.BH/c1-21-16(25)13-19-24(17(21)26)8-3-2-7-22-9-11-23(12-10-22)15-6-4-5-14(18)20-15;/h4-6,13H,2-3,7-12H2,1H3;1H. The van der Waals surface area contributed by atoms with E-state index in [0.717, 1.165) is 59.7 Å². The molecule has 1 saturated heterocycles. The molecular weight excluding hydrogens is 458 g/mol. The van der Waals surface area contributed by atoms with Crippen molar-refractivity contribution in [3.8, 4) is 0 Å². The van der Waals surface area contributed by atoms with Crippen LogP contribution >= 0.6 is 22.6 Å². The fourth-order valence-corrected chi connectivity index (χ4v) is 3.50. The molecule has 0 N–H and O–H groups in total. The smallest absolute Gasteiger partial charge is 0.347 e. The summed E-state index contributed by atoms with van der Waals surface area (Å²) in [6, 6.07) is 6.12. The average Bonchev–Trinajstić information content (AvgIpc) is 2.65. The van der Waals surface area contributed by atoms with E-state index in [0.29, 0.717) is 6.54 Å². The molecule has 0 atom stereocenters. The van der Waals surface area contributed by atoms with Crippen LogP contribution in [0.1, 0.15) is 12.8 Å². The van der Waals surface area contributed by atoms with Gasteiger partial charge in [0.1, 0.15) is 15.7 Å². The van der Waals surface area contributed by atoms with Crippen LogP contribution in [-0.2, 0) is 13.6 Å². The van der Waals surface area contributed by atoms with Gasteiger partial charge in [0.05, 0.1) is 0 Å². The lowest BCUT2D eigenvalue weighted by molar-refractivity contribution is 0.249. The van der Waals surface area contributed by atoms with Crippen LogP contribution in [-0.4, -0.2) is 65.4 Å². The third-order valence-electron chi connectivity index (χ3n) is 4.64. The first-order chi connectivity index (χ1) is 12.5. The molecule has 144 valence electrons. The van der Waals surface area contributed by atoms with E-state index >= 15 is 0 Å². The molecule has 0 aromatic carbocycles. The molecule has 0 amide bonds. The maximum atomic E-state index is 11.9. The summed E-state index contributed by atoms with van der Waals surface area (Å²) in [5.74, 6) is 1.05. The number of aryl methyl sites for hydroxylation is 1. The molecule has 0 bridgehead atoms. The molecule has 0 spiro atoms. The molecule has 10 heteroatoms. The lowest BCUT2D eigenvalue weighted by Crippen LogP contribution is -2.47. The Morgan fingerprint density at radius 2 is 1.78 bits per heavy atom. The highest BCUT2D eigenvalue weighted by molar-refractivity contribution is 14.1. The number of aromatic nitrogens is 4. The number of hydrogen-bond donors (Lipinski definition) is 0. The zero-order chi connectivity index (χ0) is 18.5. The van der Waals surface area contributed by atoms with Crippen molar-refractivity contribution in [3.05, 3.63) is 48.9 Å². The molecule has 2 aromatic rings. The summed E-state index contributed by atoms with van der Waals surface area (Å²) in [4.78, 5) is 32.6. The molecule has 0 aliphatic carbocycles. The number of piperazine rings is 1. The van der Waals surface area contributed by atoms with Gasteiger partial charge in [-0.25, -0.2) is 14.5 Å². The molecule has 3 heterocycles. The van der Waals surface area contributed by atoms with Gasteiger partial charge in [-0.15, -0.1) is 0 Å². The van der Waals surface area contributed by atoms with Crippen LogP contribution in [0.2, 0.25) is 0 Å². The van der Waals surface area contributed by atoms with Crippen LogP contribution in [0.5, 0.6) is 0 Å². The quantitative estimate of drug-likeness (QED) is 0.248. The Labute approximate surface area is 173 Å².